The summed E-state index contributed by atoms with van der Waals surface area (Å²) in [4.78, 5) is 3.56. The number of aryl methyl sites for hydroxylation is 1. The highest BCUT2D eigenvalue weighted by atomic mass is 32.2. The van der Waals surface area contributed by atoms with Crippen molar-refractivity contribution in [3.05, 3.63) is 17.8 Å². The summed E-state index contributed by atoms with van der Waals surface area (Å²) in [6.45, 7) is -1.49. The largest absolute Gasteiger partial charge is 0.433 e. The van der Waals surface area contributed by atoms with Crippen molar-refractivity contribution in [2.45, 2.75) is 18.6 Å². The lowest BCUT2D eigenvalue weighted by Crippen LogP contribution is -2.06. The van der Waals surface area contributed by atoms with E-state index in [0.717, 1.165) is 12.5 Å². The van der Waals surface area contributed by atoms with Crippen LogP contribution in [0, 0.1) is 6.92 Å². The van der Waals surface area contributed by atoms with E-state index in [2.05, 4.69) is 9.72 Å². The fourth-order valence-corrected chi connectivity index (χ4v) is 1.98. The number of nitrogens with zero attached hydrogens (tertiary/aromatic N) is 1. The van der Waals surface area contributed by atoms with Gasteiger partial charge in [-0.2, -0.15) is 8.78 Å². The molecule has 0 spiro atoms. The Bertz CT molecular complexity index is 459. The molecule has 0 N–H and O–H groups in total. The molecule has 84 valence electrons. The SMILES string of the molecule is Cc1cc(OC(F)F)cnc1S(C)(=O)=O. The van der Waals surface area contributed by atoms with Gasteiger partial charge in [0.25, 0.3) is 0 Å². The molecule has 0 unspecified atom stereocenters. The van der Waals surface area contributed by atoms with Crippen LogP contribution >= 0.6 is 0 Å². The molecule has 0 aliphatic rings. The zero-order valence-electron chi connectivity index (χ0n) is 8.07. The summed E-state index contributed by atoms with van der Waals surface area (Å²) in [7, 11) is -3.43. The van der Waals surface area contributed by atoms with Crippen LogP contribution in [-0.2, 0) is 9.84 Å². The fraction of sp³-hybridized carbons (Fsp3) is 0.375. The number of rotatable bonds is 3. The summed E-state index contributed by atoms with van der Waals surface area (Å²) in [6, 6.07) is 1.20. The molecule has 15 heavy (non-hydrogen) atoms. The van der Waals surface area contributed by atoms with Gasteiger partial charge in [0.05, 0.1) is 6.20 Å². The van der Waals surface area contributed by atoms with E-state index in [1.807, 2.05) is 0 Å². The van der Waals surface area contributed by atoms with Crippen molar-refractivity contribution >= 4 is 9.84 Å². The predicted molar refractivity (Wildman–Crippen MR) is 48.7 cm³/mol. The van der Waals surface area contributed by atoms with E-state index in [1.165, 1.54) is 13.0 Å². The van der Waals surface area contributed by atoms with Crippen molar-refractivity contribution in [1.29, 1.82) is 0 Å². The Morgan fingerprint density at radius 3 is 2.47 bits per heavy atom. The summed E-state index contributed by atoms with van der Waals surface area (Å²) in [5.41, 5.74) is 0.274. The highest BCUT2D eigenvalue weighted by molar-refractivity contribution is 7.90. The smallest absolute Gasteiger partial charge is 0.387 e. The average Bonchev–Trinajstić information content (AvgIpc) is 1.99. The van der Waals surface area contributed by atoms with Gasteiger partial charge in [-0.3, -0.25) is 0 Å². The molecule has 0 aromatic carbocycles. The minimum absolute atomic E-state index is 0.135. The van der Waals surface area contributed by atoms with Gasteiger partial charge >= 0.3 is 6.61 Å². The lowest BCUT2D eigenvalue weighted by Gasteiger charge is -2.06. The quantitative estimate of drug-likeness (QED) is 0.797. The summed E-state index contributed by atoms with van der Waals surface area (Å²) < 4.78 is 50.0. The molecule has 0 saturated heterocycles. The Morgan fingerprint density at radius 2 is 2.07 bits per heavy atom. The van der Waals surface area contributed by atoms with Gasteiger partial charge in [-0.15, -0.1) is 0 Å². The second-order valence-electron chi connectivity index (χ2n) is 2.94. The molecule has 1 aromatic heterocycles. The van der Waals surface area contributed by atoms with Crippen LogP contribution in [0.2, 0.25) is 0 Å². The van der Waals surface area contributed by atoms with Gasteiger partial charge in [0, 0.05) is 6.26 Å². The van der Waals surface area contributed by atoms with Gasteiger partial charge in [-0.05, 0) is 18.6 Å². The molecular formula is C8H9F2NO3S. The standard InChI is InChI=1S/C8H9F2NO3S/c1-5-3-6(14-8(9)10)4-11-7(5)15(2,12)13/h3-4,8H,1-2H3. The Labute approximate surface area is 85.8 Å². The Kier molecular flexibility index (Phi) is 3.23. The van der Waals surface area contributed by atoms with Crippen LogP contribution in [0.4, 0.5) is 8.78 Å². The van der Waals surface area contributed by atoms with E-state index in [0.29, 0.717) is 0 Å². The lowest BCUT2D eigenvalue weighted by molar-refractivity contribution is -0.0501. The topological polar surface area (TPSA) is 56.3 Å². The predicted octanol–water partition coefficient (Wildman–Crippen LogP) is 1.39. The number of aromatic nitrogens is 1. The first-order chi connectivity index (χ1) is 6.80. The van der Waals surface area contributed by atoms with Crippen molar-refractivity contribution in [3.63, 3.8) is 0 Å². The molecule has 0 aliphatic carbocycles. The normalized spacial score (nSPS) is 11.8. The molecule has 0 bridgehead atoms. The van der Waals surface area contributed by atoms with E-state index < -0.39 is 16.4 Å². The third-order valence-electron chi connectivity index (χ3n) is 1.58. The van der Waals surface area contributed by atoms with Crippen molar-refractivity contribution in [2.24, 2.45) is 0 Å². The minimum atomic E-state index is -3.43. The number of halogens is 2. The number of hydrogen-bond donors (Lipinski definition) is 0. The number of hydrogen-bond acceptors (Lipinski definition) is 4. The summed E-state index contributed by atoms with van der Waals surface area (Å²) >= 11 is 0. The molecule has 1 rings (SSSR count). The van der Waals surface area contributed by atoms with E-state index in [9.17, 15) is 17.2 Å². The maximum Gasteiger partial charge on any atom is 0.387 e. The van der Waals surface area contributed by atoms with Crippen molar-refractivity contribution in [3.8, 4) is 5.75 Å². The average molecular weight is 237 g/mol. The van der Waals surface area contributed by atoms with E-state index in [1.54, 1.807) is 0 Å². The third kappa shape index (κ3) is 3.12. The van der Waals surface area contributed by atoms with E-state index in [-0.39, 0.29) is 16.3 Å². The van der Waals surface area contributed by atoms with E-state index in [4.69, 9.17) is 0 Å². The van der Waals surface area contributed by atoms with Gasteiger partial charge in [-0.1, -0.05) is 0 Å². The second-order valence-corrected chi connectivity index (χ2v) is 4.87. The summed E-state index contributed by atoms with van der Waals surface area (Å²) in [5, 5.41) is -0.135. The second kappa shape index (κ2) is 4.09. The first kappa shape index (κ1) is 11.8. The molecule has 0 amide bonds. The van der Waals surface area contributed by atoms with Gasteiger partial charge in [0.15, 0.2) is 14.9 Å². The Hall–Kier alpha value is -1.24. The van der Waals surface area contributed by atoms with Gasteiger partial charge in [0.1, 0.15) is 5.75 Å². The third-order valence-corrected chi connectivity index (χ3v) is 2.71. The van der Waals surface area contributed by atoms with Crippen LogP contribution < -0.4 is 4.74 Å². The van der Waals surface area contributed by atoms with Crippen LogP contribution in [-0.4, -0.2) is 26.3 Å². The first-order valence-corrected chi connectivity index (χ1v) is 5.81. The number of ether oxygens (including phenoxy) is 1. The molecule has 1 aromatic rings. The number of alkyl halides is 2. The molecule has 1 heterocycles. The minimum Gasteiger partial charge on any atom is -0.433 e. The number of pyridine rings is 1. The maximum atomic E-state index is 11.8. The van der Waals surface area contributed by atoms with Crippen LogP contribution in [0.1, 0.15) is 5.56 Å². The Morgan fingerprint density at radius 1 is 1.47 bits per heavy atom. The molecule has 0 fully saturated rings. The van der Waals surface area contributed by atoms with Crippen LogP contribution in [0.25, 0.3) is 0 Å². The van der Waals surface area contributed by atoms with Crippen LogP contribution in [0.3, 0.4) is 0 Å². The van der Waals surface area contributed by atoms with Gasteiger partial charge < -0.3 is 4.74 Å². The molecule has 0 atom stereocenters. The molecule has 7 heteroatoms. The van der Waals surface area contributed by atoms with Crippen LogP contribution in [0.5, 0.6) is 5.75 Å². The Balaban J connectivity index is 3.09. The van der Waals surface area contributed by atoms with Crippen molar-refractivity contribution < 1.29 is 21.9 Å². The molecule has 0 radical (unpaired) electrons. The first-order valence-electron chi connectivity index (χ1n) is 3.92. The lowest BCUT2D eigenvalue weighted by atomic mass is 10.3. The highest BCUT2D eigenvalue weighted by Gasteiger charge is 2.14. The molecule has 0 saturated carbocycles. The van der Waals surface area contributed by atoms with Crippen LogP contribution in [0.15, 0.2) is 17.3 Å². The van der Waals surface area contributed by atoms with Crippen molar-refractivity contribution in [1.82, 2.24) is 4.98 Å². The summed E-state index contributed by atoms with van der Waals surface area (Å²) in [5.74, 6) is -0.157. The zero-order chi connectivity index (χ0) is 11.6. The van der Waals surface area contributed by atoms with Gasteiger partial charge in [-0.25, -0.2) is 13.4 Å². The molecule has 0 aliphatic heterocycles. The van der Waals surface area contributed by atoms with Crippen molar-refractivity contribution in [2.75, 3.05) is 6.26 Å². The number of sulfone groups is 1. The maximum absolute atomic E-state index is 11.8. The molecular weight excluding hydrogens is 228 g/mol. The van der Waals surface area contributed by atoms with Gasteiger partial charge in [0.2, 0.25) is 0 Å². The van der Waals surface area contributed by atoms with E-state index >= 15 is 0 Å². The monoisotopic (exact) mass is 237 g/mol. The highest BCUT2D eigenvalue weighted by Crippen LogP contribution is 2.19. The summed E-state index contributed by atoms with van der Waals surface area (Å²) in [6.07, 6.45) is 1.95. The zero-order valence-corrected chi connectivity index (χ0v) is 8.88. The molecule has 4 nitrogen and oxygen atoms in total. The fourth-order valence-electron chi connectivity index (χ4n) is 1.09.